The van der Waals surface area contributed by atoms with Gasteiger partial charge in [-0.2, -0.15) is 0 Å². The SMILES string of the molecule is CCN(C1CCNC1)C(C)c1ccc(F)cc1. The smallest absolute Gasteiger partial charge is 0.123 e. The second-order valence-corrected chi connectivity index (χ2v) is 4.70. The van der Waals surface area contributed by atoms with Crippen molar-refractivity contribution in [2.24, 2.45) is 0 Å². The quantitative estimate of drug-likeness (QED) is 0.864. The van der Waals surface area contributed by atoms with Gasteiger partial charge < -0.3 is 5.32 Å². The van der Waals surface area contributed by atoms with Crippen LogP contribution in [0.3, 0.4) is 0 Å². The number of hydrogen-bond acceptors (Lipinski definition) is 2. The summed E-state index contributed by atoms with van der Waals surface area (Å²) >= 11 is 0. The van der Waals surface area contributed by atoms with Crippen LogP contribution in [0.4, 0.5) is 4.39 Å². The van der Waals surface area contributed by atoms with Gasteiger partial charge >= 0.3 is 0 Å². The average molecular weight is 236 g/mol. The van der Waals surface area contributed by atoms with E-state index in [0.717, 1.165) is 19.6 Å². The van der Waals surface area contributed by atoms with Gasteiger partial charge in [-0.1, -0.05) is 19.1 Å². The van der Waals surface area contributed by atoms with Gasteiger partial charge in [-0.3, -0.25) is 4.90 Å². The van der Waals surface area contributed by atoms with Crippen molar-refractivity contribution in [1.29, 1.82) is 0 Å². The highest BCUT2D eigenvalue weighted by atomic mass is 19.1. The molecule has 0 amide bonds. The molecule has 0 bridgehead atoms. The monoisotopic (exact) mass is 236 g/mol. The van der Waals surface area contributed by atoms with Crippen molar-refractivity contribution in [2.75, 3.05) is 19.6 Å². The van der Waals surface area contributed by atoms with Gasteiger partial charge in [0.1, 0.15) is 5.82 Å². The third kappa shape index (κ3) is 2.85. The number of nitrogens with one attached hydrogen (secondary N) is 1. The van der Waals surface area contributed by atoms with Gasteiger partial charge in [0.05, 0.1) is 0 Å². The molecule has 1 aliphatic heterocycles. The van der Waals surface area contributed by atoms with Gasteiger partial charge in [0.25, 0.3) is 0 Å². The van der Waals surface area contributed by atoms with E-state index in [1.54, 1.807) is 12.1 Å². The third-order valence-corrected chi connectivity index (χ3v) is 3.72. The fraction of sp³-hybridized carbons (Fsp3) is 0.571. The van der Waals surface area contributed by atoms with Crippen molar-refractivity contribution >= 4 is 0 Å². The molecule has 0 saturated carbocycles. The van der Waals surface area contributed by atoms with E-state index in [9.17, 15) is 4.39 Å². The van der Waals surface area contributed by atoms with E-state index in [4.69, 9.17) is 0 Å². The number of rotatable bonds is 4. The van der Waals surface area contributed by atoms with Gasteiger partial charge in [0.2, 0.25) is 0 Å². The van der Waals surface area contributed by atoms with E-state index in [-0.39, 0.29) is 5.82 Å². The molecular weight excluding hydrogens is 215 g/mol. The van der Waals surface area contributed by atoms with Crippen LogP contribution in [-0.2, 0) is 0 Å². The Bertz CT molecular complexity index is 344. The predicted molar refractivity (Wildman–Crippen MR) is 68.5 cm³/mol. The zero-order valence-electron chi connectivity index (χ0n) is 10.6. The summed E-state index contributed by atoms with van der Waals surface area (Å²) in [7, 11) is 0. The number of halogens is 1. The minimum atomic E-state index is -0.161. The molecule has 1 aromatic rings. The number of likely N-dealkylation sites (N-methyl/N-ethyl adjacent to an activating group) is 1. The second kappa shape index (κ2) is 5.61. The third-order valence-electron chi connectivity index (χ3n) is 3.72. The van der Waals surface area contributed by atoms with Crippen molar-refractivity contribution in [2.45, 2.75) is 32.4 Å². The van der Waals surface area contributed by atoms with Crippen molar-refractivity contribution < 1.29 is 4.39 Å². The summed E-state index contributed by atoms with van der Waals surface area (Å²) in [6, 6.07) is 7.85. The first-order chi connectivity index (χ1) is 8.22. The van der Waals surface area contributed by atoms with E-state index in [0.29, 0.717) is 12.1 Å². The van der Waals surface area contributed by atoms with Gasteiger partial charge in [-0.05, 0) is 44.1 Å². The Balaban J connectivity index is 2.10. The highest BCUT2D eigenvalue weighted by Crippen LogP contribution is 2.24. The maximum atomic E-state index is 12.9. The van der Waals surface area contributed by atoms with Crippen LogP contribution in [0.5, 0.6) is 0 Å². The Morgan fingerprint density at radius 3 is 2.65 bits per heavy atom. The van der Waals surface area contributed by atoms with Crippen LogP contribution in [0.1, 0.15) is 31.9 Å². The van der Waals surface area contributed by atoms with Crippen LogP contribution in [0, 0.1) is 5.82 Å². The Morgan fingerprint density at radius 1 is 1.41 bits per heavy atom. The Kier molecular flexibility index (Phi) is 4.13. The molecule has 1 aliphatic rings. The summed E-state index contributed by atoms with van der Waals surface area (Å²) in [6.45, 7) is 7.61. The fourth-order valence-corrected chi connectivity index (χ4v) is 2.70. The highest BCUT2D eigenvalue weighted by molar-refractivity contribution is 5.19. The molecule has 0 radical (unpaired) electrons. The van der Waals surface area contributed by atoms with E-state index < -0.39 is 0 Å². The number of nitrogens with zero attached hydrogens (tertiary/aromatic N) is 1. The van der Waals surface area contributed by atoms with Crippen molar-refractivity contribution in [3.05, 3.63) is 35.6 Å². The molecular formula is C14H21FN2. The van der Waals surface area contributed by atoms with Gasteiger partial charge in [-0.25, -0.2) is 4.39 Å². The maximum absolute atomic E-state index is 12.9. The summed E-state index contributed by atoms with van der Waals surface area (Å²) in [5.74, 6) is -0.161. The summed E-state index contributed by atoms with van der Waals surface area (Å²) < 4.78 is 12.9. The van der Waals surface area contributed by atoms with Crippen molar-refractivity contribution in [1.82, 2.24) is 10.2 Å². The van der Waals surface area contributed by atoms with Crippen LogP contribution in [0.25, 0.3) is 0 Å². The predicted octanol–water partition coefficient (Wildman–Crippen LogP) is 2.57. The first-order valence-electron chi connectivity index (χ1n) is 6.44. The lowest BCUT2D eigenvalue weighted by molar-refractivity contribution is 0.162. The Labute approximate surface area is 103 Å². The molecule has 1 aromatic carbocycles. The molecule has 1 heterocycles. The molecule has 0 aliphatic carbocycles. The molecule has 2 rings (SSSR count). The van der Waals surface area contributed by atoms with Crippen LogP contribution < -0.4 is 5.32 Å². The topological polar surface area (TPSA) is 15.3 Å². The number of hydrogen-bond donors (Lipinski definition) is 1. The zero-order chi connectivity index (χ0) is 12.3. The molecule has 1 saturated heterocycles. The lowest BCUT2D eigenvalue weighted by atomic mass is 10.0. The largest absolute Gasteiger partial charge is 0.315 e. The Morgan fingerprint density at radius 2 is 2.12 bits per heavy atom. The van der Waals surface area contributed by atoms with Crippen LogP contribution in [-0.4, -0.2) is 30.6 Å². The second-order valence-electron chi connectivity index (χ2n) is 4.70. The molecule has 2 atom stereocenters. The molecule has 2 nitrogen and oxygen atoms in total. The lowest BCUT2D eigenvalue weighted by Gasteiger charge is -2.33. The molecule has 0 aromatic heterocycles. The van der Waals surface area contributed by atoms with E-state index in [2.05, 4.69) is 24.1 Å². The normalized spacial score (nSPS) is 22.0. The molecule has 0 spiro atoms. The van der Waals surface area contributed by atoms with Gasteiger partial charge in [-0.15, -0.1) is 0 Å². The molecule has 17 heavy (non-hydrogen) atoms. The number of benzene rings is 1. The zero-order valence-corrected chi connectivity index (χ0v) is 10.6. The summed E-state index contributed by atoms with van der Waals surface area (Å²) in [5, 5.41) is 3.40. The summed E-state index contributed by atoms with van der Waals surface area (Å²) in [4.78, 5) is 2.49. The van der Waals surface area contributed by atoms with E-state index >= 15 is 0 Å². The van der Waals surface area contributed by atoms with Crippen LogP contribution in [0.15, 0.2) is 24.3 Å². The Hall–Kier alpha value is -0.930. The molecule has 2 unspecified atom stereocenters. The van der Waals surface area contributed by atoms with E-state index in [1.165, 1.54) is 12.0 Å². The fourth-order valence-electron chi connectivity index (χ4n) is 2.70. The first kappa shape index (κ1) is 12.5. The maximum Gasteiger partial charge on any atom is 0.123 e. The molecule has 3 heteroatoms. The minimum Gasteiger partial charge on any atom is -0.315 e. The summed E-state index contributed by atoms with van der Waals surface area (Å²) in [5.41, 5.74) is 1.19. The highest BCUT2D eigenvalue weighted by Gasteiger charge is 2.25. The lowest BCUT2D eigenvalue weighted by Crippen LogP contribution is -2.38. The molecule has 94 valence electrons. The standard InChI is InChI=1S/C14H21FN2/c1-3-17(14-8-9-16-10-14)11(2)12-4-6-13(15)7-5-12/h4-7,11,14,16H,3,8-10H2,1-2H3. The molecule has 1 N–H and O–H groups in total. The van der Waals surface area contributed by atoms with Crippen LogP contribution >= 0.6 is 0 Å². The van der Waals surface area contributed by atoms with Crippen molar-refractivity contribution in [3.8, 4) is 0 Å². The molecule has 1 fully saturated rings. The van der Waals surface area contributed by atoms with Crippen LogP contribution in [0.2, 0.25) is 0 Å². The average Bonchev–Trinajstić information content (AvgIpc) is 2.84. The minimum absolute atomic E-state index is 0.161. The van der Waals surface area contributed by atoms with Gasteiger partial charge in [0.15, 0.2) is 0 Å². The van der Waals surface area contributed by atoms with Crippen molar-refractivity contribution in [3.63, 3.8) is 0 Å². The van der Waals surface area contributed by atoms with Gasteiger partial charge in [0, 0.05) is 18.6 Å². The van der Waals surface area contributed by atoms with E-state index in [1.807, 2.05) is 12.1 Å². The first-order valence-corrected chi connectivity index (χ1v) is 6.44. The summed E-state index contributed by atoms with van der Waals surface area (Å²) in [6.07, 6.45) is 1.21.